The summed E-state index contributed by atoms with van der Waals surface area (Å²) in [4.78, 5) is 14.3. The van der Waals surface area contributed by atoms with Gasteiger partial charge in [0.1, 0.15) is 0 Å². The van der Waals surface area contributed by atoms with Crippen molar-refractivity contribution in [1.29, 1.82) is 0 Å². The molecule has 5 heteroatoms. The first kappa shape index (κ1) is 11.8. The van der Waals surface area contributed by atoms with E-state index in [1.54, 1.807) is 0 Å². The zero-order valence-electron chi connectivity index (χ0n) is 5.12. The molecule has 9 heavy (non-hydrogen) atoms. The van der Waals surface area contributed by atoms with Crippen LogP contribution in [0.5, 0.6) is 0 Å². The average molecular weight is 313 g/mol. The van der Waals surface area contributed by atoms with Crippen LogP contribution >= 0.6 is 0 Å². The maximum absolute atomic E-state index is 9.99. The molecular weight excluding hydrogens is 303 g/mol. The van der Waals surface area contributed by atoms with Crippen molar-refractivity contribution in [3.8, 4) is 0 Å². The van der Waals surface area contributed by atoms with Crippen LogP contribution in [-0.2, 0) is 30.7 Å². The minimum atomic E-state index is -0.349. The van der Waals surface area contributed by atoms with Crippen molar-refractivity contribution in [3.63, 3.8) is 0 Å². The van der Waals surface area contributed by atoms with E-state index in [1.807, 2.05) is 0 Å². The quantitative estimate of drug-likeness (QED) is 0.519. The first-order chi connectivity index (χ1) is 3.77. The molecule has 0 heterocycles. The third-order valence-corrected chi connectivity index (χ3v) is 0.462. The third-order valence-electron chi connectivity index (χ3n) is 0.462. The molecule has 0 aliphatic carbocycles. The number of nitrogens with two attached hydrogens (primary N) is 1. The van der Waals surface area contributed by atoms with Crippen molar-refractivity contribution in [3.05, 3.63) is 0 Å². The number of hydrogen-bond donors (Lipinski definition) is 2. The Morgan fingerprint density at radius 3 is 2.67 bits per heavy atom. The maximum Gasteiger partial charge on any atom is 0.321 e. The largest absolute Gasteiger partial charge is 0.371 e. The van der Waals surface area contributed by atoms with Crippen molar-refractivity contribution < 1.29 is 30.7 Å². The van der Waals surface area contributed by atoms with Gasteiger partial charge in [-0.2, -0.15) is 5.48 Å². The molecule has 0 saturated heterocycles. The molecule has 0 unspecified atom stereocenters. The van der Waals surface area contributed by atoms with Gasteiger partial charge in [0.05, 0.1) is 0 Å². The zero-order valence-corrected chi connectivity index (χ0v) is 7.40. The second kappa shape index (κ2) is 8.08. The smallest absolute Gasteiger partial charge is 0.321 e. The van der Waals surface area contributed by atoms with E-state index in [0.29, 0.717) is 13.1 Å². The van der Waals surface area contributed by atoms with Crippen LogP contribution in [0.4, 0.5) is 0 Å². The molecule has 0 bridgehead atoms. The van der Waals surface area contributed by atoms with Crippen LogP contribution in [-0.4, -0.2) is 19.1 Å². The van der Waals surface area contributed by atoms with Crippen LogP contribution in [0, 0.1) is 0 Å². The molecular formula is C4H10N2O2Pt. The summed E-state index contributed by atoms with van der Waals surface area (Å²) >= 11 is 0. The minimum absolute atomic E-state index is 0. The Labute approximate surface area is 68.3 Å². The molecule has 0 aliphatic heterocycles. The number of carbonyl (C=O) groups is 1. The second-order valence-corrected chi connectivity index (χ2v) is 1.28. The standard InChI is InChI=1S/C4H10N2O2.Pt/c1-4(7)8-6-3-2-5;/h6H,2-3,5H2,1H3;. The third kappa shape index (κ3) is 11.6. The molecule has 0 aromatic carbocycles. The van der Waals surface area contributed by atoms with Gasteiger partial charge >= 0.3 is 5.97 Å². The van der Waals surface area contributed by atoms with Gasteiger partial charge in [-0.25, -0.2) is 0 Å². The van der Waals surface area contributed by atoms with Gasteiger partial charge in [0.2, 0.25) is 0 Å². The molecule has 0 atom stereocenters. The molecule has 0 aromatic heterocycles. The Morgan fingerprint density at radius 1 is 1.78 bits per heavy atom. The second-order valence-electron chi connectivity index (χ2n) is 1.28. The number of rotatable bonds is 3. The normalized spacial score (nSPS) is 7.78. The Balaban J connectivity index is 0. The summed E-state index contributed by atoms with van der Waals surface area (Å²) < 4.78 is 0. The molecule has 0 saturated carbocycles. The van der Waals surface area contributed by atoms with Crippen LogP contribution in [0.1, 0.15) is 6.92 Å². The van der Waals surface area contributed by atoms with Crippen LogP contribution in [0.25, 0.3) is 0 Å². The summed E-state index contributed by atoms with van der Waals surface area (Å²) in [6.07, 6.45) is 0. The molecule has 0 amide bonds. The minimum Gasteiger partial charge on any atom is -0.371 e. The molecule has 0 rings (SSSR count). The van der Waals surface area contributed by atoms with E-state index in [2.05, 4.69) is 10.3 Å². The first-order valence-electron chi connectivity index (χ1n) is 2.37. The molecule has 0 aromatic rings. The number of hydrogen-bond acceptors (Lipinski definition) is 4. The summed E-state index contributed by atoms with van der Waals surface area (Å²) in [7, 11) is 0. The van der Waals surface area contributed by atoms with Gasteiger partial charge in [-0.1, -0.05) is 0 Å². The molecule has 0 aliphatic rings. The van der Waals surface area contributed by atoms with Gasteiger partial charge in [-0.3, -0.25) is 4.79 Å². The summed E-state index contributed by atoms with van der Waals surface area (Å²) in [5, 5.41) is 0. The van der Waals surface area contributed by atoms with Crippen molar-refractivity contribution in [2.45, 2.75) is 6.92 Å². The van der Waals surface area contributed by atoms with Crippen molar-refractivity contribution in [1.82, 2.24) is 5.48 Å². The van der Waals surface area contributed by atoms with Gasteiger partial charge < -0.3 is 10.6 Å². The maximum atomic E-state index is 9.99. The first-order valence-corrected chi connectivity index (χ1v) is 2.37. The molecule has 4 nitrogen and oxygen atoms in total. The summed E-state index contributed by atoms with van der Waals surface area (Å²) in [5.74, 6) is -0.349. The Hall–Kier alpha value is 0.0783. The number of carbonyl (C=O) groups excluding carboxylic acids is 1. The summed E-state index contributed by atoms with van der Waals surface area (Å²) in [6.45, 7) is 2.29. The molecule has 58 valence electrons. The van der Waals surface area contributed by atoms with E-state index in [-0.39, 0.29) is 27.0 Å². The van der Waals surface area contributed by atoms with Crippen LogP contribution in [0.15, 0.2) is 0 Å². The monoisotopic (exact) mass is 313 g/mol. The fraction of sp³-hybridized carbons (Fsp3) is 0.750. The van der Waals surface area contributed by atoms with Crippen LogP contribution < -0.4 is 11.2 Å². The molecule has 0 spiro atoms. The van der Waals surface area contributed by atoms with E-state index < -0.39 is 0 Å². The van der Waals surface area contributed by atoms with Gasteiger partial charge in [0, 0.05) is 41.1 Å². The Bertz CT molecular complexity index is 79.0. The fourth-order valence-electron chi connectivity index (χ4n) is 0.212. The van der Waals surface area contributed by atoms with Crippen molar-refractivity contribution in [2.24, 2.45) is 5.73 Å². The Kier molecular flexibility index (Phi) is 10.6. The van der Waals surface area contributed by atoms with Gasteiger partial charge in [-0.05, 0) is 0 Å². The van der Waals surface area contributed by atoms with Crippen molar-refractivity contribution >= 4 is 5.97 Å². The van der Waals surface area contributed by atoms with E-state index in [9.17, 15) is 4.79 Å². The average Bonchev–Trinajstić information content (AvgIpc) is 1.66. The molecule has 0 fully saturated rings. The zero-order chi connectivity index (χ0) is 6.41. The Morgan fingerprint density at radius 2 is 2.33 bits per heavy atom. The predicted molar refractivity (Wildman–Crippen MR) is 28.8 cm³/mol. The van der Waals surface area contributed by atoms with E-state index in [0.717, 1.165) is 0 Å². The van der Waals surface area contributed by atoms with Gasteiger partial charge in [0.15, 0.2) is 0 Å². The fourth-order valence-corrected chi connectivity index (χ4v) is 0.212. The molecule has 0 radical (unpaired) electrons. The summed E-state index contributed by atoms with van der Waals surface area (Å²) in [6, 6.07) is 0. The van der Waals surface area contributed by atoms with E-state index in [4.69, 9.17) is 5.73 Å². The van der Waals surface area contributed by atoms with E-state index in [1.165, 1.54) is 6.92 Å². The van der Waals surface area contributed by atoms with E-state index >= 15 is 0 Å². The topological polar surface area (TPSA) is 64.3 Å². The van der Waals surface area contributed by atoms with Crippen LogP contribution in [0.3, 0.4) is 0 Å². The summed E-state index contributed by atoms with van der Waals surface area (Å²) in [5.41, 5.74) is 7.42. The van der Waals surface area contributed by atoms with Gasteiger partial charge in [-0.15, -0.1) is 0 Å². The number of hydroxylamine groups is 1. The predicted octanol–water partition coefficient (Wildman–Crippen LogP) is -0.990. The molecule has 3 N–H and O–H groups in total. The van der Waals surface area contributed by atoms with Gasteiger partial charge in [0.25, 0.3) is 0 Å². The van der Waals surface area contributed by atoms with Crippen molar-refractivity contribution in [2.75, 3.05) is 13.1 Å². The van der Waals surface area contributed by atoms with Crippen LogP contribution in [0.2, 0.25) is 0 Å². The SMILES string of the molecule is CC(=O)ONCCN.[Pt]. The number of nitrogens with one attached hydrogen (secondary N) is 1.